The van der Waals surface area contributed by atoms with Crippen LogP contribution in [0.1, 0.15) is 33.6 Å². The number of rotatable bonds is 2. The van der Waals surface area contributed by atoms with Gasteiger partial charge >= 0.3 is 0 Å². The van der Waals surface area contributed by atoms with Gasteiger partial charge in [-0.1, -0.05) is 11.3 Å². The number of nitrogens with zero attached hydrogens (tertiary/aromatic N) is 2. The van der Waals surface area contributed by atoms with Crippen molar-refractivity contribution in [2.75, 3.05) is 13.2 Å². The third-order valence-electron chi connectivity index (χ3n) is 2.07. The average molecular weight is 198 g/mol. The summed E-state index contributed by atoms with van der Waals surface area (Å²) in [5, 5.41) is 9.11. The van der Waals surface area contributed by atoms with Crippen LogP contribution in [0.4, 0.5) is 0 Å². The second kappa shape index (κ2) is 3.93. The largest absolute Gasteiger partial charge is 0.381 e. The lowest BCUT2D eigenvalue weighted by molar-refractivity contribution is 0.0802. The van der Waals surface area contributed by atoms with Crippen molar-refractivity contribution >= 4 is 17.6 Å². The zero-order chi connectivity index (χ0) is 9.10. The Morgan fingerprint density at radius 2 is 2.46 bits per heavy atom. The van der Waals surface area contributed by atoms with Crippen LogP contribution in [0.2, 0.25) is 0 Å². The van der Waals surface area contributed by atoms with Crippen molar-refractivity contribution < 1.29 is 9.53 Å². The molecule has 0 bridgehead atoms. The van der Waals surface area contributed by atoms with Gasteiger partial charge in [-0.3, -0.25) is 4.79 Å². The van der Waals surface area contributed by atoms with Gasteiger partial charge in [0.05, 0.1) is 6.61 Å². The lowest BCUT2D eigenvalue weighted by atomic mass is 10.0. The summed E-state index contributed by atoms with van der Waals surface area (Å²) in [4.78, 5) is 10.4. The Balaban J connectivity index is 2.09. The van der Waals surface area contributed by atoms with E-state index in [1.165, 1.54) is 11.3 Å². The monoisotopic (exact) mass is 198 g/mol. The van der Waals surface area contributed by atoms with E-state index in [1.807, 2.05) is 0 Å². The SMILES string of the molecule is O=Cc1nnc(C2CCCOC2)s1. The molecule has 1 atom stereocenters. The topological polar surface area (TPSA) is 52.1 Å². The van der Waals surface area contributed by atoms with E-state index in [-0.39, 0.29) is 0 Å². The van der Waals surface area contributed by atoms with Crippen LogP contribution in [0.5, 0.6) is 0 Å². The van der Waals surface area contributed by atoms with E-state index in [1.54, 1.807) is 0 Å². The molecular weight excluding hydrogens is 188 g/mol. The van der Waals surface area contributed by atoms with E-state index >= 15 is 0 Å². The molecule has 0 aliphatic carbocycles. The summed E-state index contributed by atoms with van der Waals surface area (Å²) in [5.41, 5.74) is 0. The van der Waals surface area contributed by atoms with Gasteiger partial charge in [-0.25, -0.2) is 0 Å². The summed E-state index contributed by atoms with van der Waals surface area (Å²) in [7, 11) is 0. The van der Waals surface area contributed by atoms with Gasteiger partial charge in [0.25, 0.3) is 0 Å². The molecule has 1 aromatic rings. The first kappa shape index (κ1) is 8.77. The molecule has 0 radical (unpaired) electrons. The smallest absolute Gasteiger partial charge is 0.180 e. The molecule has 2 rings (SSSR count). The van der Waals surface area contributed by atoms with Gasteiger partial charge in [-0.05, 0) is 12.8 Å². The van der Waals surface area contributed by atoms with E-state index in [4.69, 9.17) is 4.74 Å². The Kier molecular flexibility index (Phi) is 2.65. The Labute approximate surface area is 79.9 Å². The number of hydrogen-bond acceptors (Lipinski definition) is 5. The first-order chi connectivity index (χ1) is 6.40. The highest BCUT2D eigenvalue weighted by Gasteiger charge is 2.19. The van der Waals surface area contributed by atoms with Crippen LogP contribution in [-0.2, 0) is 4.74 Å². The normalized spacial score (nSPS) is 22.9. The highest BCUT2D eigenvalue weighted by molar-refractivity contribution is 7.12. The fraction of sp³-hybridized carbons (Fsp3) is 0.625. The van der Waals surface area contributed by atoms with Gasteiger partial charge in [0.1, 0.15) is 5.01 Å². The van der Waals surface area contributed by atoms with Crippen LogP contribution < -0.4 is 0 Å². The summed E-state index contributed by atoms with van der Waals surface area (Å²) in [5.74, 6) is 0.347. The highest BCUT2D eigenvalue weighted by atomic mass is 32.1. The Bertz CT molecular complexity index is 294. The summed E-state index contributed by atoms with van der Waals surface area (Å²) in [6.45, 7) is 1.56. The first-order valence-corrected chi connectivity index (χ1v) is 5.08. The third kappa shape index (κ3) is 1.92. The fourth-order valence-electron chi connectivity index (χ4n) is 1.39. The molecule has 70 valence electrons. The van der Waals surface area contributed by atoms with Crippen LogP contribution in [0.3, 0.4) is 0 Å². The van der Waals surface area contributed by atoms with Crippen LogP contribution in [0.15, 0.2) is 0 Å². The molecule has 1 fully saturated rings. The minimum absolute atomic E-state index is 0.347. The van der Waals surface area contributed by atoms with Crippen LogP contribution >= 0.6 is 11.3 Å². The summed E-state index contributed by atoms with van der Waals surface area (Å²) in [6.07, 6.45) is 2.90. The Hall–Kier alpha value is -0.810. The Morgan fingerprint density at radius 3 is 3.08 bits per heavy atom. The fourth-order valence-corrected chi connectivity index (χ4v) is 2.17. The van der Waals surface area contributed by atoms with E-state index in [9.17, 15) is 4.79 Å². The van der Waals surface area contributed by atoms with Crippen molar-refractivity contribution in [3.05, 3.63) is 10.0 Å². The summed E-state index contributed by atoms with van der Waals surface area (Å²) in [6, 6.07) is 0. The van der Waals surface area contributed by atoms with E-state index < -0.39 is 0 Å². The molecule has 13 heavy (non-hydrogen) atoms. The Morgan fingerprint density at radius 1 is 1.54 bits per heavy atom. The quantitative estimate of drug-likeness (QED) is 0.671. The number of aromatic nitrogens is 2. The maximum absolute atomic E-state index is 10.4. The molecule has 0 spiro atoms. The number of ether oxygens (including phenoxy) is 1. The van der Waals surface area contributed by atoms with Crippen LogP contribution in [-0.4, -0.2) is 29.7 Å². The number of carbonyl (C=O) groups is 1. The second-order valence-electron chi connectivity index (χ2n) is 3.01. The molecule has 1 aliphatic rings. The second-order valence-corrected chi connectivity index (χ2v) is 4.05. The molecule has 5 heteroatoms. The van der Waals surface area contributed by atoms with Crippen molar-refractivity contribution in [3.8, 4) is 0 Å². The van der Waals surface area contributed by atoms with E-state index in [0.717, 1.165) is 30.7 Å². The van der Waals surface area contributed by atoms with Gasteiger partial charge < -0.3 is 4.74 Å². The number of carbonyl (C=O) groups excluding carboxylic acids is 1. The molecule has 1 saturated heterocycles. The number of hydrogen-bond donors (Lipinski definition) is 0. The van der Waals surface area contributed by atoms with Crippen LogP contribution in [0, 0.1) is 0 Å². The van der Waals surface area contributed by atoms with Crippen LogP contribution in [0.25, 0.3) is 0 Å². The van der Waals surface area contributed by atoms with Crippen molar-refractivity contribution in [3.63, 3.8) is 0 Å². The average Bonchev–Trinajstić information content (AvgIpc) is 2.67. The third-order valence-corrected chi connectivity index (χ3v) is 3.08. The minimum Gasteiger partial charge on any atom is -0.381 e. The molecule has 1 aromatic heterocycles. The van der Waals surface area contributed by atoms with Gasteiger partial charge in [0, 0.05) is 12.5 Å². The summed E-state index contributed by atoms with van der Waals surface area (Å²) < 4.78 is 5.33. The molecule has 0 aromatic carbocycles. The molecule has 2 heterocycles. The molecule has 0 amide bonds. The predicted octanol–water partition coefficient (Wildman–Crippen LogP) is 1.24. The summed E-state index contributed by atoms with van der Waals surface area (Å²) >= 11 is 1.37. The van der Waals surface area contributed by atoms with Crippen molar-refractivity contribution in [2.45, 2.75) is 18.8 Å². The minimum atomic E-state index is 0.347. The van der Waals surface area contributed by atoms with E-state index in [0.29, 0.717) is 17.5 Å². The molecule has 1 aliphatic heterocycles. The molecule has 4 nitrogen and oxygen atoms in total. The van der Waals surface area contributed by atoms with E-state index in [2.05, 4.69) is 10.2 Å². The van der Waals surface area contributed by atoms with Crippen molar-refractivity contribution in [2.24, 2.45) is 0 Å². The van der Waals surface area contributed by atoms with Crippen molar-refractivity contribution in [1.82, 2.24) is 10.2 Å². The maximum atomic E-state index is 10.4. The molecule has 0 saturated carbocycles. The maximum Gasteiger partial charge on any atom is 0.180 e. The highest BCUT2D eigenvalue weighted by Crippen LogP contribution is 2.27. The zero-order valence-corrected chi connectivity index (χ0v) is 7.92. The lowest BCUT2D eigenvalue weighted by Crippen LogP contribution is -2.15. The number of aldehydes is 1. The molecule has 0 N–H and O–H groups in total. The van der Waals surface area contributed by atoms with Gasteiger partial charge in [-0.15, -0.1) is 10.2 Å². The first-order valence-electron chi connectivity index (χ1n) is 4.26. The zero-order valence-electron chi connectivity index (χ0n) is 7.10. The standard InChI is InChI=1S/C8H10N2O2S/c11-4-7-9-10-8(13-7)6-2-1-3-12-5-6/h4,6H,1-3,5H2. The van der Waals surface area contributed by atoms with Gasteiger partial charge in [0.2, 0.25) is 0 Å². The molecule has 1 unspecified atom stereocenters. The predicted molar refractivity (Wildman–Crippen MR) is 48.1 cm³/mol. The van der Waals surface area contributed by atoms with Crippen molar-refractivity contribution in [1.29, 1.82) is 0 Å². The lowest BCUT2D eigenvalue weighted by Gasteiger charge is -2.18. The van der Waals surface area contributed by atoms with Gasteiger partial charge in [-0.2, -0.15) is 0 Å². The van der Waals surface area contributed by atoms with Gasteiger partial charge in [0.15, 0.2) is 11.3 Å². The molecular formula is C8H10N2O2S.